The number of nitrogens with zero attached hydrogens (tertiary/aromatic N) is 1. The molecule has 0 saturated heterocycles. The van der Waals surface area contributed by atoms with Gasteiger partial charge in [-0.2, -0.15) is 13.2 Å². The minimum absolute atomic E-state index is 0.0301. The van der Waals surface area contributed by atoms with Gasteiger partial charge in [-0.3, -0.25) is 14.6 Å². The van der Waals surface area contributed by atoms with E-state index in [2.05, 4.69) is 15.3 Å². The fraction of sp³-hybridized carbons (Fsp3) is 0.150. The fourth-order valence-corrected chi connectivity index (χ4v) is 3.16. The number of nitrogens with one attached hydrogen (secondary N) is 2. The monoisotopic (exact) mass is 455 g/mol. The Morgan fingerprint density at radius 1 is 1.03 bits per heavy atom. The largest absolute Gasteiger partial charge is 0.446 e. The lowest BCUT2D eigenvalue weighted by Crippen LogP contribution is -2.31. The Labute approximate surface area is 179 Å². The van der Waals surface area contributed by atoms with Crippen molar-refractivity contribution in [3.8, 4) is 22.5 Å². The van der Waals surface area contributed by atoms with Crippen molar-refractivity contribution in [3.05, 3.63) is 63.9 Å². The Balaban J connectivity index is 0.000000377. The summed E-state index contributed by atoms with van der Waals surface area (Å²) in [5, 5.41) is 3.86. The number of aromatic amines is 1. The third kappa shape index (κ3) is 5.20. The molecule has 3 aromatic rings. The van der Waals surface area contributed by atoms with Gasteiger partial charge < -0.3 is 10.3 Å². The number of rotatable bonds is 2. The second-order valence-electron chi connectivity index (χ2n) is 6.30. The first-order valence-corrected chi connectivity index (χ1v) is 9.38. The molecular weight excluding hydrogens is 442 g/mol. The Morgan fingerprint density at radius 3 is 2.40 bits per heavy atom. The molecule has 3 heterocycles. The lowest BCUT2D eigenvalue weighted by Gasteiger charge is -2.11. The maximum absolute atomic E-state index is 11.9. The van der Waals surface area contributed by atoms with Gasteiger partial charge in [0.1, 0.15) is 0 Å². The van der Waals surface area contributed by atoms with E-state index < -0.39 is 12.5 Å². The Bertz CT molecular complexity index is 1100. The topological polar surface area (TPSA) is 74.8 Å². The number of alkyl halides is 3. The van der Waals surface area contributed by atoms with Gasteiger partial charge in [0.25, 0.3) is 5.91 Å². The molecule has 4 rings (SSSR count). The van der Waals surface area contributed by atoms with E-state index in [9.17, 15) is 18.0 Å². The fourth-order valence-electron chi connectivity index (χ4n) is 2.86. The van der Waals surface area contributed by atoms with Crippen molar-refractivity contribution in [1.82, 2.24) is 15.3 Å². The van der Waals surface area contributed by atoms with Gasteiger partial charge in [0.05, 0.1) is 21.3 Å². The predicted octanol–water partition coefficient (Wildman–Crippen LogP) is 5.08. The molecule has 0 fully saturated rings. The molecule has 2 N–H and O–H groups in total. The number of aromatic nitrogens is 2. The highest BCUT2D eigenvalue weighted by Gasteiger charge is 2.25. The van der Waals surface area contributed by atoms with Crippen LogP contribution in [0.25, 0.3) is 22.5 Å². The van der Waals surface area contributed by atoms with Crippen LogP contribution >= 0.6 is 23.2 Å². The van der Waals surface area contributed by atoms with Crippen LogP contribution in [0.3, 0.4) is 0 Å². The molecule has 0 saturated carbocycles. The molecule has 0 radical (unpaired) electrons. The predicted molar refractivity (Wildman–Crippen MR) is 108 cm³/mol. The van der Waals surface area contributed by atoms with E-state index in [0.717, 1.165) is 34.6 Å². The molecule has 1 aliphatic heterocycles. The maximum atomic E-state index is 11.9. The van der Waals surface area contributed by atoms with Crippen LogP contribution < -0.4 is 5.32 Å². The third-order valence-corrected chi connectivity index (χ3v) is 4.96. The summed E-state index contributed by atoms with van der Waals surface area (Å²) in [7, 11) is 0. The zero-order valence-corrected chi connectivity index (χ0v) is 16.7. The molecule has 0 bridgehead atoms. The van der Waals surface area contributed by atoms with E-state index in [1.165, 1.54) is 0 Å². The van der Waals surface area contributed by atoms with Gasteiger partial charge in [-0.1, -0.05) is 29.3 Å². The summed E-state index contributed by atoms with van der Waals surface area (Å²) in [6.45, 7) is 0.663. The number of H-pyrrole nitrogens is 1. The van der Waals surface area contributed by atoms with Crippen LogP contribution in [0.2, 0.25) is 10.0 Å². The van der Waals surface area contributed by atoms with E-state index in [0.29, 0.717) is 22.2 Å². The smallest absolute Gasteiger partial charge is 0.358 e. The Hall–Kier alpha value is -2.84. The molecule has 0 atom stereocenters. The molecular formula is C20H14Cl2F3N3O2. The molecule has 1 amide bonds. The number of benzene rings is 1. The number of pyridine rings is 1. The first-order chi connectivity index (χ1) is 14.2. The molecule has 156 valence electrons. The molecule has 0 unspecified atom stereocenters. The van der Waals surface area contributed by atoms with Crippen LogP contribution in [0.5, 0.6) is 0 Å². The van der Waals surface area contributed by atoms with Gasteiger partial charge in [-0.15, -0.1) is 0 Å². The summed E-state index contributed by atoms with van der Waals surface area (Å²) >= 11 is 12.1. The Kier molecular flexibility index (Phi) is 6.48. The molecule has 0 aliphatic carbocycles. The lowest BCUT2D eigenvalue weighted by atomic mass is 10.1. The van der Waals surface area contributed by atoms with Crippen LogP contribution in [0, 0.1) is 0 Å². The molecule has 1 aliphatic rings. The van der Waals surface area contributed by atoms with Crippen LogP contribution in [0.15, 0.2) is 42.6 Å². The minimum atomic E-state index is -4.64. The van der Waals surface area contributed by atoms with Gasteiger partial charge in [0.15, 0.2) is 0 Å². The number of halogens is 5. The zero-order chi connectivity index (χ0) is 21.9. The van der Waals surface area contributed by atoms with Crippen molar-refractivity contribution in [3.63, 3.8) is 0 Å². The summed E-state index contributed by atoms with van der Waals surface area (Å²) in [6.07, 6.45) is -3.15. The molecule has 10 heteroatoms. The van der Waals surface area contributed by atoms with Crippen LogP contribution in [-0.4, -0.2) is 34.9 Å². The molecule has 30 heavy (non-hydrogen) atoms. The number of amides is 1. The molecule has 1 aromatic carbocycles. The lowest BCUT2D eigenvalue weighted by molar-refractivity contribution is -0.156. The van der Waals surface area contributed by atoms with Crippen molar-refractivity contribution in [2.24, 2.45) is 0 Å². The number of hydrogen-bond acceptors (Lipinski definition) is 3. The maximum Gasteiger partial charge on any atom is 0.446 e. The summed E-state index contributed by atoms with van der Waals surface area (Å²) < 4.78 is 31.2. The summed E-state index contributed by atoms with van der Waals surface area (Å²) in [6, 6.07) is 11.2. The highest BCUT2D eigenvalue weighted by molar-refractivity contribution is 6.42. The van der Waals surface area contributed by atoms with Gasteiger partial charge in [-0.25, -0.2) is 0 Å². The standard InChI is InChI=1S/C18H13Cl2N3O.C2HF3O/c19-13-2-1-10(7-14(13)20)16-8-11(3-5-21-16)17-9-12-15(23-17)4-6-22-18(12)24;3-2(4,5)1-6/h1-3,5,7-9,23H,4,6H2,(H,22,24);1H. The van der Waals surface area contributed by atoms with Crippen molar-refractivity contribution < 1.29 is 22.8 Å². The van der Waals surface area contributed by atoms with Crippen LogP contribution in [0.4, 0.5) is 13.2 Å². The van der Waals surface area contributed by atoms with Crippen molar-refractivity contribution in [1.29, 1.82) is 0 Å². The average molecular weight is 456 g/mol. The SMILES string of the molecule is O=C1NCCc2[nH]c(-c3ccnc(-c4ccc(Cl)c(Cl)c4)c3)cc21.O=CC(F)(F)F. The first kappa shape index (κ1) is 21.9. The van der Waals surface area contributed by atoms with Gasteiger partial charge in [-0.05, 0) is 30.3 Å². The molecule has 5 nitrogen and oxygen atoms in total. The highest BCUT2D eigenvalue weighted by Crippen LogP contribution is 2.30. The van der Waals surface area contributed by atoms with E-state index in [1.807, 2.05) is 24.3 Å². The first-order valence-electron chi connectivity index (χ1n) is 8.63. The van der Waals surface area contributed by atoms with Crippen LogP contribution in [-0.2, 0) is 11.2 Å². The van der Waals surface area contributed by atoms with E-state index in [4.69, 9.17) is 28.0 Å². The van der Waals surface area contributed by atoms with E-state index in [-0.39, 0.29) is 5.91 Å². The second kappa shape index (κ2) is 8.89. The second-order valence-corrected chi connectivity index (χ2v) is 7.11. The third-order valence-electron chi connectivity index (χ3n) is 4.22. The average Bonchev–Trinajstić information content (AvgIpc) is 3.16. The zero-order valence-electron chi connectivity index (χ0n) is 15.2. The van der Waals surface area contributed by atoms with E-state index in [1.54, 1.807) is 18.3 Å². The highest BCUT2D eigenvalue weighted by atomic mass is 35.5. The number of aldehydes is 1. The van der Waals surface area contributed by atoms with Crippen LogP contribution in [0.1, 0.15) is 16.1 Å². The van der Waals surface area contributed by atoms with Crippen molar-refractivity contribution in [2.45, 2.75) is 12.6 Å². The van der Waals surface area contributed by atoms with Gasteiger partial charge >= 0.3 is 6.18 Å². The number of fused-ring (bicyclic) bond motifs is 1. The summed E-state index contributed by atoms with van der Waals surface area (Å²) in [5.74, 6) is -0.0301. The number of carbonyl (C=O) groups excluding carboxylic acids is 2. The van der Waals surface area contributed by atoms with Gasteiger partial charge in [0.2, 0.25) is 6.29 Å². The van der Waals surface area contributed by atoms with E-state index >= 15 is 0 Å². The molecule has 2 aromatic heterocycles. The summed E-state index contributed by atoms with van der Waals surface area (Å²) in [4.78, 5) is 28.4. The minimum Gasteiger partial charge on any atom is -0.358 e. The Morgan fingerprint density at radius 2 is 1.77 bits per heavy atom. The van der Waals surface area contributed by atoms with Crippen molar-refractivity contribution >= 4 is 35.4 Å². The summed E-state index contributed by atoms with van der Waals surface area (Å²) in [5.41, 5.74) is 5.24. The van der Waals surface area contributed by atoms with Crippen molar-refractivity contribution in [2.75, 3.05) is 6.54 Å². The normalized spacial score (nSPS) is 13.0. The number of hydrogen-bond donors (Lipinski definition) is 2. The number of carbonyl (C=O) groups is 2. The quantitative estimate of drug-likeness (QED) is 0.528. The van der Waals surface area contributed by atoms with Gasteiger partial charge in [0, 0.05) is 41.7 Å². The molecule has 0 spiro atoms.